The summed E-state index contributed by atoms with van der Waals surface area (Å²) >= 11 is 0. The Kier molecular flexibility index (Phi) is 3.51. The van der Waals surface area contributed by atoms with E-state index in [0.717, 1.165) is 16.3 Å². The number of carbonyl (C=O) groups is 1. The third kappa shape index (κ3) is 2.37. The second-order valence-electron chi connectivity index (χ2n) is 5.92. The number of rotatable bonds is 3. The first-order valence-corrected chi connectivity index (χ1v) is 9.32. The SMILES string of the molecule is CNC(=O)c1cccc(CN2c3cccc4cccc(c34)S2(=O)=O)c1. The fourth-order valence-corrected chi connectivity index (χ4v) is 4.95. The van der Waals surface area contributed by atoms with Crippen molar-refractivity contribution in [2.24, 2.45) is 0 Å². The van der Waals surface area contributed by atoms with E-state index in [1.165, 1.54) is 4.31 Å². The number of amides is 1. The number of anilines is 1. The van der Waals surface area contributed by atoms with E-state index in [2.05, 4.69) is 5.32 Å². The second kappa shape index (κ2) is 5.60. The summed E-state index contributed by atoms with van der Waals surface area (Å²) in [5.41, 5.74) is 1.94. The van der Waals surface area contributed by atoms with Crippen molar-refractivity contribution in [1.82, 2.24) is 5.32 Å². The fraction of sp³-hybridized carbons (Fsp3) is 0.105. The summed E-state index contributed by atoms with van der Waals surface area (Å²) in [4.78, 5) is 12.2. The van der Waals surface area contributed by atoms with Crippen molar-refractivity contribution >= 4 is 32.4 Å². The van der Waals surface area contributed by atoms with E-state index in [1.807, 2.05) is 30.3 Å². The molecule has 5 nitrogen and oxygen atoms in total. The van der Waals surface area contributed by atoms with Gasteiger partial charge in [-0.15, -0.1) is 0 Å². The molecule has 0 bridgehead atoms. The molecular weight excluding hydrogens is 336 g/mol. The predicted molar refractivity (Wildman–Crippen MR) is 97.1 cm³/mol. The average molecular weight is 352 g/mol. The van der Waals surface area contributed by atoms with E-state index >= 15 is 0 Å². The minimum absolute atomic E-state index is 0.182. The Hall–Kier alpha value is -2.86. The lowest BCUT2D eigenvalue weighted by Gasteiger charge is -2.19. The molecule has 1 heterocycles. The van der Waals surface area contributed by atoms with Gasteiger partial charge in [-0.3, -0.25) is 9.10 Å². The van der Waals surface area contributed by atoms with Crippen molar-refractivity contribution < 1.29 is 13.2 Å². The van der Waals surface area contributed by atoms with E-state index in [0.29, 0.717) is 16.1 Å². The third-order valence-corrected chi connectivity index (χ3v) is 6.23. The normalized spacial score (nSPS) is 14.7. The van der Waals surface area contributed by atoms with Crippen LogP contribution in [0.3, 0.4) is 0 Å². The van der Waals surface area contributed by atoms with Gasteiger partial charge in [-0.1, -0.05) is 36.4 Å². The third-order valence-electron chi connectivity index (χ3n) is 4.42. The minimum atomic E-state index is -3.60. The van der Waals surface area contributed by atoms with Crippen LogP contribution < -0.4 is 9.62 Å². The quantitative estimate of drug-likeness (QED) is 0.788. The number of hydrogen-bond acceptors (Lipinski definition) is 3. The molecular formula is C19H16N2O3S. The van der Waals surface area contributed by atoms with Crippen molar-refractivity contribution in [1.29, 1.82) is 0 Å². The Bertz CT molecular complexity index is 1100. The molecule has 1 amide bonds. The molecule has 1 N–H and O–H groups in total. The van der Waals surface area contributed by atoms with Crippen LogP contribution in [-0.4, -0.2) is 21.4 Å². The van der Waals surface area contributed by atoms with Crippen LogP contribution in [0.5, 0.6) is 0 Å². The monoisotopic (exact) mass is 352 g/mol. The number of nitrogens with zero attached hydrogens (tertiary/aromatic N) is 1. The highest BCUT2D eigenvalue weighted by Gasteiger charge is 2.35. The van der Waals surface area contributed by atoms with Gasteiger partial charge >= 0.3 is 0 Å². The summed E-state index contributed by atoms with van der Waals surface area (Å²) in [6.45, 7) is 0.182. The lowest BCUT2D eigenvalue weighted by molar-refractivity contribution is 0.0963. The van der Waals surface area contributed by atoms with E-state index in [1.54, 1.807) is 37.4 Å². The van der Waals surface area contributed by atoms with Crippen molar-refractivity contribution in [2.45, 2.75) is 11.4 Å². The average Bonchev–Trinajstić information content (AvgIpc) is 2.85. The van der Waals surface area contributed by atoms with Gasteiger partial charge in [0.25, 0.3) is 15.9 Å². The first kappa shape index (κ1) is 15.7. The van der Waals surface area contributed by atoms with Crippen molar-refractivity contribution in [3.05, 3.63) is 71.8 Å². The summed E-state index contributed by atoms with van der Waals surface area (Å²) in [7, 11) is -2.04. The van der Waals surface area contributed by atoms with Crippen LogP contribution in [0.4, 0.5) is 5.69 Å². The Morgan fingerprint density at radius 3 is 2.52 bits per heavy atom. The molecule has 6 heteroatoms. The highest BCUT2D eigenvalue weighted by atomic mass is 32.2. The molecule has 0 aliphatic carbocycles. The minimum Gasteiger partial charge on any atom is -0.355 e. The van der Waals surface area contributed by atoms with Crippen LogP contribution in [0.2, 0.25) is 0 Å². The first-order valence-electron chi connectivity index (χ1n) is 7.88. The first-order chi connectivity index (χ1) is 12.0. The van der Waals surface area contributed by atoms with Gasteiger partial charge in [0.1, 0.15) is 0 Å². The highest BCUT2D eigenvalue weighted by molar-refractivity contribution is 7.93. The number of sulfonamides is 1. The van der Waals surface area contributed by atoms with Gasteiger partial charge in [-0.2, -0.15) is 0 Å². The molecule has 0 fully saturated rings. The predicted octanol–water partition coefficient (Wildman–Crippen LogP) is 2.91. The summed E-state index contributed by atoms with van der Waals surface area (Å²) in [5.74, 6) is -0.198. The summed E-state index contributed by atoms with van der Waals surface area (Å²) in [5, 5.41) is 4.24. The Balaban J connectivity index is 1.80. The van der Waals surface area contributed by atoms with Crippen molar-refractivity contribution in [3.8, 4) is 0 Å². The van der Waals surface area contributed by atoms with Crippen molar-refractivity contribution in [3.63, 3.8) is 0 Å². The zero-order valence-electron chi connectivity index (χ0n) is 13.6. The molecule has 4 rings (SSSR count). The van der Waals surface area contributed by atoms with E-state index in [-0.39, 0.29) is 12.5 Å². The maximum atomic E-state index is 13.0. The van der Waals surface area contributed by atoms with Crippen LogP contribution in [0, 0.1) is 0 Å². The topological polar surface area (TPSA) is 66.5 Å². The summed E-state index contributed by atoms with van der Waals surface area (Å²) in [6, 6.07) is 17.9. The molecule has 0 saturated carbocycles. The van der Waals surface area contributed by atoms with Crippen molar-refractivity contribution in [2.75, 3.05) is 11.4 Å². The zero-order valence-corrected chi connectivity index (χ0v) is 14.4. The fourth-order valence-electron chi connectivity index (χ4n) is 3.25. The standard InChI is InChI=1S/C19H16N2O3S/c1-20-19(22)15-8-2-5-13(11-15)12-21-16-9-3-6-14-7-4-10-17(18(14)16)25(21,23)24/h2-11H,12H2,1H3,(H,20,22). The summed E-state index contributed by atoms with van der Waals surface area (Å²) in [6.07, 6.45) is 0. The lowest BCUT2D eigenvalue weighted by Crippen LogP contribution is -2.26. The molecule has 126 valence electrons. The number of carbonyl (C=O) groups excluding carboxylic acids is 1. The van der Waals surface area contributed by atoms with Gasteiger partial charge in [0.2, 0.25) is 0 Å². The second-order valence-corrected chi connectivity index (χ2v) is 7.75. The molecule has 0 aromatic heterocycles. The molecule has 0 spiro atoms. The van der Waals surface area contributed by atoms with Gasteiger partial charge in [-0.25, -0.2) is 8.42 Å². The molecule has 0 unspecified atom stereocenters. The number of hydrogen-bond donors (Lipinski definition) is 1. The molecule has 1 aliphatic rings. The highest BCUT2D eigenvalue weighted by Crippen LogP contribution is 2.42. The molecule has 0 radical (unpaired) electrons. The van der Waals surface area contributed by atoms with Gasteiger partial charge in [0.05, 0.1) is 17.1 Å². The Morgan fingerprint density at radius 1 is 1.04 bits per heavy atom. The molecule has 3 aromatic carbocycles. The molecule has 0 atom stereocenters. The van der Waals surface area contributed by atoms with E-state index in [4.69, 9.17) is 0 Å². The smallest absolute Gasteiger partial charge is 0.265 e. The van der Waals surface area contributed by atoms with Crippen LogP contribution in [0.1, 0.15) is 15.9 Å². The Labute approximate surface area is 145 Å². The number of benzene rings is 3. The van der Waals surface area contributed by atoms with Crippen LogP contribution in [-0.2, 0) is 16.6 Å². The van der Waals surface area contributed by atoms with Crippen LogP contribution >= 0.6 is 0 Å². The van der Waals surface area contributed by atoms with Gasteiger partial charge in [-0.05, 0) is 35.2 Å². The van der Waals surface area contributed by atoms with Crippen LogP contribution in [0.15, 0.2) is 65.6 Å². The maximum absolute atomic E-state index is 13.0. The number of nitrogens with one attached hydrogen (secondary N) is 1. The molecule has 0 saturated heterocycles. The largest absolute Gasteiger partial charge is 0.355 e. The van der Waals surface area contributed by atoms with Gasteiger partial charge in [0, 0.05) is 18.0 Å². The lowest BCUT2D eigenvalue weighted by atomic mass is 10.1. The molecule has 3 aromatic rings. The molecule has 1 aliphatic heterocycles. The zero-order chi connectivity index (χ0) is 17.6. The van der Waals surface area contributed by atoms with Gasteiger partial charge < -0.3 is 5.32 Å². The molecule has 25 heavy (non-hydrogen) atoms. The maximum Gasteiger partial charge on any atom is 0.265 e. The van der Waals surface area contributed by atoms with Crippen LogP contribution in [0.25, 0.3) is 10.8 Å². The van der Waals surface area contributed by atoms with E-state index in [9.17, 15) is 13.2 Å². The van der Waals surface area contributed by atoms with Gasteiger partial charge in [0.15, 0.2) is 0 Å². The van der Waals surface area contributed by atoms with E-state index < -0.39 is 10.0 Å². The Morgan fingerprint density at radius 2 is 1.76 bits per heavy atom. The summed E-state index contributed by atoms with van der Waals surface area (Å²) < 4.78 is 27.4.